The van der Waals surface area contributed by atoms with Crippen LogP contribution >= 0.6 is 23.2 Å². The predicted molar refractivity (Wildman–Crippen MR) is 124 cm³/mol. The standard InChI is InChI=1S/C24H22Cl2N2O2/c1-13-5-7-15(3)21(9-13)27-23(29)17-11-19(25)20(26)12-18(17)24(30)28-22-10-14(2)6-8-16(22)4/h5-12H,1-4H3,(H,27,29)(H,28,30). The third kappa shape index (κ3) is 4.84. The Morgan fingerprint density at radius 2 is 1.00 bits per heavy atom. The van der Waals surface area contributed by atoms with Crippen LogP contribution in [0.3, 0.4) is 0 Å². The predicted octanol–water partition coefficient (Wildman–Crippen LogP) is 6.73. The van der Waals surface area contributed by atoms with Gasteiger partial charge in [0, 0.05) is 11.4 Å². The van der Waals surface area contributed by atoms with Gasteiger partial charge >= 0.3 is 0 Å². The fourth-order valence-corrected chi connectivity index (χ4v) is 3.37. The summed E-state index contributed by atoms with van der Waals surface area (Å²) in [6, 6.07) is 14.4. The summed E-state index contributed by atoms with van der Waals surface area (Å²) in [4.78, 5) is 26.1. The first kappa shape index (κ1) is 21.9. The van der Waals surface area contributed by atoms with Crippen molar-refractivity contribution in [3.8, 4) is 0 Å². The third-order valence-corrected chi connectivity index (χ3v) is 5.55. The highest BCUT2D eigenvalue weighted by Gasteiger charge is 2.21. The molecule has 3 rings (SSSR count). The second-order valence-electron chi connectivity index (χ2n) is 7.36. The molecule has 0 spiro atoms. The quantitative estimate of drug-likeness (QED) is 0.472. The first-order chi connectivity index (χ1) is 14.2. The Hall–Kier alpha value is -2.82. The lowest BCUT2D eigenvalue weighted by molar-refractivity contribution is 0.0990. The Kier molecular flexibility index (Phi) is 6.49. The van der Waals surface area contributed by atoms with Crippen LogP contribution in [0.4, 0.5) is 11.4 Å². The first-order valence-electron chi connectivity index (χ1n) is 9.42. The Morgan fingerprint density at radius 3 is 1.37 bits per heavy atom. The van der Waals surface area contributed by atoms with E-state index in [1.165, 1.54) is 12.1 Å². The molecular weight excluding hydrogens is 419 g/mol. The number of amides is 2. The zero-order valence-corrected chi connectivity index (χ0v) is 18.7. The third-order valence-electron chi connectivity index (χ3n) is 4.83. The maximum absolute atomic E-state index is 13.0. The summed E-state index contributed by atoms with van der Waals surface area (Å²) < 4.78 is 0. The van der Waals surface area contributed by atoms with E-state index in [0.717, 1.165) is 22.3 Å². The topological polar surface area (TPSA) is 58.2 Å². The van der Waals surface area contributed by atoms with Crippen molar-refractivity contribution in [1.82, 2.24) is 0 Å². The van der Waals surface area contributed by atoms with Gasteiger partial charge in [-0.3, -0.25) is 9.59 Å². The maximum Gasteiger partial charge on any atom is 0.256 e. The molecule has 0 atom stereocenters. The molecule has 154 valence electrons. The fraction of sp³-hybridized carbons (Fsp3) is 0.167. The van der Waals surface area contributed by atoms with Gasteiger partial charge in [-0.2, -0.15) is 0 Å². The molecule has 2 N–H and O–H groups in total. The van der Waals surface area contributed by atoms with Gasteiger partial charge in [-0.1, -0.05) is 47.5 Å². The van der Waals surface area contributed by atoms with Crippen LogP contribution in [0.5, 0.6) is 0 Å². The van der Waals surface area contributed by atoms with Crippen LogP contribution in [-0.2, 0) is 0 Å². The number of nitrogens with one attached hydrogen (secondary N) is 2. The summed E-state index contributed by atoms with van der Waals surface area (Å²) in [7, 11) is 0. The van der Waals surface area contributed by atoms with Gasteiger partial charge in [0.25, 0.3) is 11.8 Å². The van der Waals surface area contributed by atoms with Crippen molar-refractivity contribution < 1.29 is 9.59 Å². The zero-order valence-electron chi connectivity index (χ0n) is 17.2. The van der Waals surface area contributed by atoms with Gasteiger partial charge in [0.15, 0.2) is 0 Å². The molecule has 0 aromatic heterocycles. The smallest absolute Gasteiger partial charge is 0.256 e. The van der Waals surface area contributed by atoms with Crippen molar-refractivity contribution in [2.45, 2.75) is 27.7 Å². The largest absolute Gasteiger partial charge is 0.322 e. The van der Waals surface area contributed by atoms with Gasteiger partial charge in [-0.25, -0.2) is 0 Å². The molecule has 0 radical (unpaired) electrons. The van der Waals surface area contributed by atoms with E-state index in [1.54, 1.807) is 0 Å². The Bertz CT molecular complexity index is 1070. The molecular formula is C24H22Cl2N2O2. The van der Waals surface area contributed by atoms with Gasteiger partial charge in [0.2, 0.25) is 0 Å². The summed E-state index contributed by atoms with van der Waals surface area (Å²) in [5, 5.41) is 6.15. The van der Waals surface area contributed by atoms with E-state index >= 15 is 0 Å². The van der Waals surface area contributed by atoms with Crippen molar-refractivity contribution in [2.24, 2.45) is 0 Å². The molecule has 0 unspecified atom stereocenters. The van der Waals surface area contributed by atoms with E-state index in [1.807, 2.05) is 64.1 Å². The van der Waals surface area contributed by atoms with Crippen molar-refractivity contribution in [2.75, 3.05) is 10.6 Å². The summed E-state index contributed by atoms with van der Waals surface area (Å²) in [6.07, 6.45) is 0. The van der Waals surface area contributed by atoms with Crippen LogP contribution < -0.4 is 10.6 Å². The minimum Gasteiger partial charge on any atom is -0.322 e. The van der Waals surface area contributed by atoms with E-state index in [0.29, 0.717) is 11.4 Å². The lowest BCUT2D eigenvalue weighted by atomic mass is 10.0. The van der Waals surface area contributed by atoms with Gasteiger partial charge in [0.05, 0.1) is 21.2 Å². The van der Waals surface area contributed by atoms with E-state index in [4.69, 9.17) is 23.2 Å². The molecule has 30 heavy (non-hydrogen) atoms. The van der Waals surface area contributed by atoms with E-state index < -0.39 is 11.8 Å². The molecule has 6 heteroatoms. The average Bonchev–Trinajstić information content (AvgIpc) is 2.69. The monoisotopic (exact) mass is 440 g/mol. The number of hydrogen-bond acceptors (Lipinski definition) is 2. The zero-order chi connectivity index (χ0) is 22.0. The van der Waals surface area contributed by atoms with E-state index in [9.17, 15) is 9.59 Å². The van der Waals surface area contributed by atoms with Crippen molar-refractivity contribution in [3.05, 3.63) is 92.0 Å². The number of aryl methyl sites for hydroxylation is 4. The fourth-order valence-electron chi connectivity index (χ4n) is 3.04. The summed E-state index contributed by atoms with van der Waals surface area (Å²) >= 11 is 12.3. The molecule has 3 aromatic rings. The van der Waals surface area contributed by atoms with Crippen molar-refractivity contribution in [1.29, 1.82) is 0 Å². The highest BCUT2D eigenvalue weighted by atomic mass is 35.5. The second kappa shape index (κ2) is 8.90. The van der Waals surface area contributed by atoms with Crippen LogP contribution in [0.1, 0.15) is 43.0 Å². The molecule has 0 heterocycles. The number of rotatable bonds is 4. The Balaban J connectivity index is 1.98. The summed E-state index contributed by atoms with van der Waals surface area (Å²) in [5.74, 6) is -0.873. The van der Waals surface area contributed by atoms with Crippen LogP contribution in [-0.4, -0.2) is 11.8 Å². The van der Waals surface area contributed by atoms with Crippen LogP contribution in [0.25, 0.3) is 0 Å². The van der Waals surface area contributed by atoms with Crippen LogP contribution in [0.15, 0.2) is 48.5 Å². The van der Waals surface area contributed by atoms with Crippen LogP contribution in [0.2, 0.25) is 10.0 Å². The number of anilines is 2. The number of carbonyl (C=O) groups is 2. The molecule has 4 nitrogen and oxygen atoms in total. The number of hydrogen-bond donors (Lipinski definition) is 2. The molecule has 0 aliphatic carbocycles. The van der Waals surface area contributed by atoms with Gasteiger partial charge in [0.1, 0.15) is 0 Å². The van der Waals surface area contributed by atoms with Crippen molar-refractivity contribution >= 4 is 46.4 Å². The van der Waals surface area contributed by atoms with E-state index in [-0.39, 0.29) is 21.2 Å². The number of carbonyl (C=O) groups excluding carboxylic acids is 2. The number of benzene rings is 3. The Morgan fingerprint density at radius 1 is 0.633 bits per heavy atom. The minimum atomic E-state index is -0.437. The van der Waals surface area contributed by atoms with E-state index in [2.05, 4.69) is 10.6 Å². The molecule has 3 aromatic carbocycles. The van der Waals surface area contributed by atoms with Crippen LogP contribution in [0, 0.1) is 27.7 Å². The molecule has 0 aliphatic rings. The van der Waals surface area contributed by atoms with Crippen molar-refractivity contribution in [3.63, 3.8) is 0 Å². The minimum absolute atomic E-state index is 0.146. The highest BCUT2D eigenvalue weighted by Crippen LogP contribution is 2.28. The number of halogens is 2. The summed E-state index contributed by atoms with van der Waals surface area (Å²) in [6.45, 7) is 7.69. The van der Waals surface area contributed by atoms with Gasteiger partial charge < -0.3 is 10.6 Å². The molecule has 2 amide bonds. The first-order valence-corrected chi connectivity index (χ1v) is 10.2. The highest BCUT2D eigenvalue weighted by molar-refractivity contribution is 6.42. The maximum atomic E-state index is 13.0. The Labute approximate surface area is 186 Å². The molecule has 0 saturated heterocycles. The van der Waals surface area contributed by atoms with Gasteiger partial charge in [-0.15, -0.1) is 0 Å². The van der Waals surface area contributed by atoms with Gasteiger partial charge in [-0.05, 0) is 74.2 Å². The second-order valence-corrected chi connectivity index (χ2v) is 8.17. The lowest BCUT2D eigenvalue weighted by Crippen LogP contribution is -2.21. The SMILES string of the molecule is Cc1ccc(C)c(NC(=O)c2cc(Cl)c(Cl)cc2C(=O)Nc2cc(C)ccc2C)c1. The molecule has 0 saturated carbocycles. The average molecular weight is 441 g/mol. The molecule has 0 bridgehead atoms. The lowest BCUT2D eigenvalue weighted by Gasteiger charge is -2.15. The molecule has 0 aliphatic heterocycles. The molecule has 0 fully saturated rings. The normalized spacial score (nSPS) is 10.6. The summed E-state index contributed by atoms with van der Waals surface area (Å²) in [5.41, 5.74) is 5.49.